The first kappa shape index (κ1) is 17.9. The van der Waals surface area contributed by atoms with E-state index < -0.39 is 0 Å². The molecule has 2 aromatic heterocycles. The molecular weight excluding hydrogens is 337 g/mol. The quantitative estimate of drug-likeness (QED) is 0.723. The van der Waals surface area contributed by atoms with E-state index in [-0.39, 0.29) is 11.9 Å². The van der Waals surface area contributed by atoms with Crippen molar-refractivity contribution in [2.24, 2.45) is 0 Å². The van der Waals surface area contributed by atoms with Gasteiger partial charge in [-0.25, -0.2) is 14.4 Å². The number of ether oxygens (including phenoxy) is 1. The molecule has 0 saturated carbocycles. The lowest BCUT2D eigenvalue weighted by Crippen LogP contribution is -2.39. The van der Waals surface area contributed by atoms with Gasteiger partial charge in [-0.2, -0.15) is 5.10 Å². The van der Waals surface area contributed by atoms with Crippen LogP contribution in [0.1, 0.15) is 24.4 Å². The first-order chi connectivity index (χ1) is 12.7. The molecule has 1 unspecified atom stereocenters. The molecule has 1 aliphatic rings. The van der Waals surface area contributed by atoms with Crippen LogP contribution in [0.25, 0.3) is 5.70 Å². The van der Waals surface area contributed by atoms with Crippen LogP contribution in [0.3, 0.4) is 0 Å². The number of halogens is 1. The number of allylic oxidation sites excluding steroid dienone is 1. The van der Waals surface area contributed by atoms with Gasteiger partial charge in [-0.3, -0.25) is 5.10 Å². The fourth-order valence-corrected chi connectivity index (χ4v) is 2.64. The summed E-state index contributed by atoms with van der Waals surface area (Å²) in [5, 5.41) is 12.6. The molecule has 0 amide bonds. The highest BCUT2D eigenvalue weighted by atomic mass is 19.1. The van der Waals surface area contributed by atoms with Crippen molar-refractivity contribution in [1.29, 1.82) is 0 Å². The number of aromatic nitrogens is 4. The Kier molecular flexibility index (Phi) is 5.80. The predicted molar refractivity (Wildman–Crippen MR) is 96.6 cm³/mol. The van der Waals surface area contributed by atoms with E-state index in [0.717, 1.165) is 17.9 Å². The van der Waals surface area contributed by atoms with Crippen molar-refractivity contribution in [3.8, 4) is 0 Å². The highest BCUT2D eigenvalue weighted by molar-refractivity contribution is 5.60. The van der Waals surface area contributed by atoms with E-state index in [9.17, 15) is 4.39 Å². The Hall–Kier alpha value is -2.94. The molecule has 9 heteroatoms. The summed E-state index contributed by atoms with van der Waals surface area (Å²) >= 11 is 0. The second-order valence-corrected chi connectivity index (χ2v) is 5.80. The number of nitrogens with one attached hydrogen (secondary N) is 3. The highest BCUT2D eigenvalue weighted by Gasteiger charge is 2.24. The zero-order valence-corrected chi connectivity index (χ0v) is 14.7. The summed E-state index contributed by atoms with van der Waals surface area (Å²) in [6, 6.07) is 1.86. The summed E-state index contributed by atoms with van der Waals surface area (Å²) in [7, 11) is 1.76. The van der Waals surface area contributed by atoms with Crippen molar-refractivity contribution >= 4 is 11.5 Å². The summed E-state index contributed by atoms with van der Waals surface area (Å²) in [5.74, 6) is 0.927. The van der Waals surface area contributed by atoms with Gasteiger partial charge in [0.15, 0.2) is 5.82 Å². The van der Waals surface area contributed by atoms with Gasteiger partial charge in [0.1, 0.15) is 17.7 Å². The molecule has 0 aromatic carbocycles. The van der Waals surface area contributed by atoms with Gasteiger partial charge in [0, 0.05) is 50.5 Å². The van der Waals surface area contributed by atoms with Crippen LogP contribution in [0.15, 0.2) is 42.9 Å². The minimum Gasteiger partial charge on any atom is -0.392 e. The summed E-state index contributed by atoms with van der Waals surface area (Å²) < 4.78 is 18.9. The molecule has 2 aromatic rings. The molecule has 3 heterocycles. The van der Waals surface area contributed by atoms with Crippen molar-refractivity contribution in [3.05, 3.63) is 54.3 Å². The Morgan fingerprint density at radius 3 is 3.08 bits per heavy atom. The van der Waals surface area contributed by atoms with E-state index in [1.165, 1.54) is 13.1 Å². The molecule has 1 fully saturated rings. The average Bonchev–Trinajstić information content (AvgIpc) is 3.20. The lowest BCUT2D eigenvalue weighted by molar-refractivity contribution is 0.0395. The van der Waals surface area contributed by atoms with Gasteiger partial charge in [0.05, 0.1) is 18.5 Å². The van der Waals surface area contributed by atoms with Gasteiger partial charge in [0.2, 0.25) is 0 Å². The number of aromatic amines is 1. The topological polar surface area (TPSA) is 91.0 Å². The minimum atomic E-state index is -0.334. The maximum atomic E-state index is 13.0. The van der Waals surface area contributed by atoms with Crippen LogP contribution in [0, 0.1) is 0 Å². The van der Waals surface area contributed by atoms with Crippen LogP contribution >= 0.6 is 0 Å². The first-order valence-electron chi connectivity index (χ1n) is 8.32. The Bertz CT molecular complexity index is 771. The number of H-pyrrole nitrogens is 1. The first-order valence-corrected chi connectivity index (χ1v) is 8.32. The number of hydrogen-bond acceptors (Lipinski definition) is 7. The maximum absolute atomic E-state index is 13.0. The van der Waals surface area contributed by atoms with Crippen LogP contribution in [0.4, 0.5) is 10.2 Å². The van der Waals surface area contributed by atoms with Crippen LogP contribution in [-0.4, -0.2) is 46.9 Å². The largest absolute Gasteiger partial charge is 0.392 e. The summed E-state index contributed by atoms with van der Waals surface area (Å²) in [6.45, 7) is 3.35. The molecule has 0 bridgehead atoms. The SMILES string of the molecule is CN/C=C(\N/C=C(\C)F)c1nccc(N2CCOC(c3cn[nH]c3)C2)n1. The normalized spacial score (nSPS) is 18.7. The Morgan fingerprint density at radius 1 is 1.46 bits per heavy atom. The molecule has 8 nitrogen and oxygen atoms in total. The van der Waals surface area contributed by atoms with Crippen molar-refractivity contribution < 1.29 is 9.13 Å². The van der Waals surface area contributed by atoms with Gasteiger partial charge in [-0.05, 0) is 13.0 Å². The van der Waals surface area contributed by atoms with Crippen molar-refractivity contribution in [2.75, 3.05) is 31.6 Å². The van der Waals surface area contributed by atoms with Gasteiger partial charge in [-0.15, -0.1) is 0 Å². The smallest absolute Gasteiger partial charge is 0.179 e. The third-order valence-corrected chi connectivity index (χ3v) is 3.88. The van der Waals surface area contributed by atoms with Crippen molar-refractivity contribution in [2.45, 2.75) is 13.0 Å². The molecule has 1 saturated heterocycles. The monoisotopic (exact) mass is 359 g/mol. The predicted octanol–water partition coefficient (Wildman–Crippen LogP) is 1.72. The molecule has 1 aliphatic heterocycles. The minimum absolute atomic E-state index is 0.0662. The maximum Gasteiger partial charge on any atom is 0.179 e. The second-order valence-electron chi connectivity index (χ2n) is 5.80. The van der Waals surface area contributed by atoms with Gasteiger partial charge in [0.25, 0.3) is 0 Å². The number of hydrogen-bond donors (Lipinski definition) is 3. The number of rotatable bonds is 6. The van der Waals surface area contributed by atoms with Crippen LogP contribution < -0.4 is 15.5 Å². The van der Waals surface area contributed by atoms with Crippen LogP contribution in [0.2, 0.25) is 0 Å². The molecule has 1 atom stereocenters. The average molecular weight is 359 g/mol. The number of anilines is 1. The molecule has 3 N–H and O–H groups in total. The molecule has 0 radical (unpaired) electrons. The Morgan fingerprint density at radius 2 is 2.35 bits per heavy atom. The lowest BCUT2D eigenvalue weighted by Gasteiger charge is -2.33. The zero-order chi connectivity index (χ0) is 18.4. The number of morpholine rings is 1. The van der Waals surface area contributed by atoms with E-state index in [4.69, 9.17) is 4.74 Å². The van der Waals surface area contributed by atoms with Gasteiger partial charge >= 0.3 is 0 Å². The standard InChI is InChI=1S/C17H22FN7O/c1-12(18)7-21-14(10-19-2)17-20-4-3-16(24-17)25-5-6-26-15(11-25)13-8-22-23-9-13/h3-4,7-10,15,19,21H,5-6,11H2,1-2H3,(H,22,23)/b12-7+,14-10-. The number of nitrogens with zero attached hydrogens (tertiary/aromatic N) is 4. The Balaban J connectivity index is 1.79. The van der Waals surface area contributed by atoms with Crippen molar-refractivity contribution in [1.82, 2.24) is 30.8 Å². The third kappa shape index (κ3) is 4.37. The molecule has 3 rings (SSSR count). The molecule has 138 valence electrons. The van der Waals surface area contributed by atoms with E-state index in [1.54, 1.807) is 25.6 Å². The highest BCUT2D eigenvalue weighted by Crippen LogP contribution is 2.24. The Labute approximate surface area is 151 Å². The summed E-state index contributed by atoms with van der Waals surface area (Å²) in [6.07, 6.45) is 8.18. The summed E-state index contributed by atoms with van der Waals surface area (Å²) in [5.41, 5.74) is 1.58. The fraction of sp³-hybridized carbons (Fsp3) is 0.353. The molecule has 0 aliphatic carbocycles. The van der Waals surface area contributed by atoms with E-state index in [2.05, 4.69) is 35.7 Å². The fourth-order valence-electron chi connectivity index (χ4n) is 2.64. The molecule has 26 heavy (non-hydrogen) atoms. The third-order valence-electron chi connectivity index (χ3n) is 3.88. The van der Waals surface area contributed by atoms with E-state index in [0.29, 0.717) is 24.7 Å². The molecule has 0 spiro atoms. The van der Waals surface area contributed by atoms with E-state index in [1.807, 2.05) is 12.3 Å². The van der Waals surface area contributed by atoms with Crippen LogP contribution in [0.5, 0.6) is 0 Å². The second kappa shape index (κ2) is 8.43. The van der Waals surface area contributed by atoms with Crippen LogP contribution in [-0.2, 0) is 4.74 Å². The zero-order valence-electron chi connectivity index (χ0n) is 14.7. The van der Waals surface area contributed by atoms with Gasteiger partial charge < -0.3 is 20.3 Å². The van der Waals surface area contributed by atoms with Gasteiger partial charge in [-0.1, -0.05) is 0 Å². The van der Waals surface area contributed by atoms with E-state index >= 15 is 0 Å². The van der Waals surface area contributed by atoms with Crippen molar-refractivity contribution in [3.63, 3.8) is 0 Å². The molecular formula is C17H22FN7O. The summed E-state index contributed by atoms with van der Waals surface area (Å²) in [4.78, 5) is 11.1. The lowest BCUT2D eigenvalue weighted by atomic mass is 10.1.